The minimum atomic E-state index is -0.607. The van der Waals surface area contributed by atoms with Gasteiger partial charge in [-0.3, -0.25) is 9.69 Å². The maximum Gasteiger partial charge on any atom is 0.330 e. The summed E-state index contributed by atoms with van der Waals surface area (Å²) in [4.78, 5) is 43.3. The Bertz CT molecular complexity index is 1780. The number of anilines is 2. The van der Waals surface area contributed by atoms with E-state index in [0.29, 0.717) is 51.8 Å². The van der Waals surface area contributed by atoms with Crippen LogP contribution >= 0.6 is 0 Å². The molecule has 7 rings (SSSR count). The van der Waals surface area contributed by atoms with Gasteiger partial charge in [-0.05, 0) is 56.6 Å². The van der Waals surface area contributed by atoms with Gasteiger partial charge in [-0.2, -0.15) is 15.2 Å². The van der Waals surface area contributed by atoms with Crippen molar-refractivity contribution in [3.63, 3.8) is 0 Å². The maximum absolute atomic E-state index is 13.0. The van der Waals surface area contributed by atoms with Gasteiger partial charge in [0.05, 0.1) is 43.4 Å². The Kier molecular flexibility index (Phi) is 8.79. The highest BCUT2D eigenvalue weighted by atomic mass is 16.5. The van der Waals surface area contributed by atoms with Gasteiger partial charge >= 0.3 is 12.0 Å². The standard InChI is InChI=1S/C36H41N7O5/c1-47-33(46)9-8-32(45)43-19-18-41(22-26(43)10-14-37)34-29-11-17-40(31-21-27(44)20-25-6-2-3-7-28(25)31)23-30(29)38-35(39-34)48-24-36(12-13-36)42-15-4-5-16-42/h2-3,6-9,20-21,26,44H,4-5,10-13,15-19,22-24H2,1H3/b9-8+/t26-/m0/s1. The van der Waals surface area contributed by atoms with Crippen molar-refractivity contribution in [2.75, 3.05) is 62.8 Å². The van der Waals surface area contributed by atoms with Crippen LogP contribution in [0.1, 0.15) is 43.4 Å². The second-order valence-corrected chi connectivity index (χ2v) is 13.2. The van der Waals surface area contributed by atoms with Crippen LogP contribution in [0.5, 0.6) is 11.8 Å². The summed E-state index contributed by atoms with van der Waals surface area (Å²) in [6.45, 7) is 5.24. The third kappa shape index (κ3) is 6.34. The summed E-state index contributed by atoms with van der Waals surface area (Å²) in [6, 6.07) is 13.8. The summed E-state index contributed by atoms with van der Waals surface area (Å²) < 4.78 is 11.1. The van der Waals surface area contributed by atoms with Gasteiger partial charge < -0.3 is 29.3 Å². The second kappa shape index (κ2) is 13.3. The lowest BCUT2D eigenvalue weighted by molar-refractivity contribution is -0.135. The number of aromatic nitrogens is 2. The van der Waals surface area contributed by atoms with Crippen molar-refractivity contribution in [2.45, 2.75) is 56.7 Å². The Morgan fingerprint density at radius 1 is 1.06 bits per heavy atom. The third-order valence-corrected chi connectivity index (χ3v) is 10.2. The first kappa shape index (κ1) is 31.7. The monoisotopic (exact) mass is 651 g/mol. The van der Waals surface area contributed by atoms with E-state index in [1.807, 2.05) is 24.3 Å². The van der Waals surface area contributed by atoms with E-state index in [9.17, 15) is 20.0 Å². The molecule has 0 unspecified atom stereocenters. The number of piperazine rings is 1. The maximum atomic E-state index is 13.0. The quantitative estimate of drug-likeness (QED) is 0.269. The number of amides is 1. The van der Waals surface area contributed by atoms with Crippen molar-refractivity contribution < 1.29 is 24.2 Å². The number of carbonyl (C=O) groups excluding carboxylic acids is 2. The molecule has 1 atom stereocenters. The zero-order chi connectivity index (χ0) is 33.3. The van der Waals surface area contributed by atoms with Crippen molar-refractivity contribution in [1.82, 2.24) is 19.8 Å². The van der Waals surface area contributed by atoms with Gasteiger partial charge in [0.25, 0.3) is 0 Å². The Morgan fingerprint density at radius 3 is 2.65 bits per heavy atom. The topological polar surface area (TPSA) is 135 Å². The fraction of sp³-hybridized carbons (Fsp3) is 0.472. The van der Waals surface area contributed by atoms with Crippen LogP contribution in [0, 0.1) is 11.3 Å². The number of hydrogen-bond acceptors (Lipinski definition) is 11. The molecule has 12 heteroatoms. The van der Waals surface area contributed by atoms with Crippen LogP contribution in [-0.4, -0.2) is 101 Å². The Balaban J connectivity index is 1.19. The van der Waals surface area contributed by atoms with E-state index in [2.05, 4.69) is 31.6 Å². The summed E-state index contributed by atoms with van der Waals surface area (Å²) in [7, 11) is 1.26. The Morgan fingerprint density at radius 2 is 1.88 bits per heavy atom. The number of carbonyl (C=O) groups is 2. The zero-order valence-corrected chi connectivity index (χ0v) is 27.3. The summed E-state index contributed by atoms with van der Waals surface area (Å²) in [5.74, 6) is 0.0570. The van der Waals surface area contributed by atoms with E-state index in [1.165, 1.54) is 26.0 Å². The minimum Gasteiger partial charge on any atom is -0.508 e. The van der Waals surface area contributed by atoms with Crippen LogP contribution in [0.25, 0.3) is 10.8 Å². The van der Waals surface area contributed by atoms with E-state index < -0.39 is 12.0 Å². The molecule has 1 amide bonds. The number of nitriles is 1. The van der Waals surface area contributed by atoms with E-state index in [1.54, 1.807) is 11.0 Å². The zero-order valence-electron chi connectivity index (χ0n) is 27.3. The van der Waals surface area contributed by atoms with Gasteiger partial charge in [0.2, 0.25) is 5.91 Å². The number of hydrogen-bond donors (Lipinski definition) is 1. The molecular weight excluding hydrogens is 610 g/mol. The van der Waals surface area contributed by atoms with Crippen LogP contribution in [0.2, 0.25) is 0 Å². The van der Waals surface area contributed by atoms with Crippen LogP contribution in [0.3, 0.4) is 0 Å². The predicted octanol–water partition coefficient (Wildman–Crippen LogP) is 3.57. The molecule has 12 nitrogen and oxygen atoms in total. The Labute approximate surface area is 280 Å². The first-order valence-electron chi connectivity index (χ1n) is 16.8. The molecular formula is C36H41N7O5. The number of nitrogens with zero attached hydrogens (tertiary/aromatic N) is 7. The van der Waals surface area contributed by atoms with Crippen LogP contribution in [-0.2, 0) is 27.3 Å². The lowest BCUT2D eigenvalue weighted by atomic mass is 10.0. The van der Waals surface area contributed by atoms with Crippen molar-refractivity contribution in [1.29, 1.82) is 5.26 Å². The SMILES string of the molecule is COC(=O)/C=C/C(=O)N1CCN(c2nc(OCC3(N4CCCC4)CC3)nc3c2CCN(c2cc(O)cc4ccccc24)C3)C[C@@H]1CC#N. The van der Waals surface area contributed by atoms with Crippen LogP contribution < -0.4 is 14.5 Å². The molecule has 2 saturated heterocycles. The molecule has 3 fully saturated rings. The van der Waals surface area contributed by atoms with Crippen molar-refractivity contribution >= 4 is 34.2 Å². The average Bonchev–Trinajstić information content (AvgIpc) is 3.69. The Hall–Kier alpha value is -4.89. The molecule has 0 radical (unpaired) electrons. The first-order valence-corrected chi connectivity index (χ1v) is 16.8. The normalized spacial score (nSPS) is 20.5. The molecule has 2 aromatic carbocycles. The molecule has 0 bridgehead atoms. The number of aromatic hydroxyl groups is 1. The fourth-order valence-corrected chi connectivity index (χ4v) is 7.46. The molecule has 0 spiro atoms. The van der Waals surface area contributed by atoms with Gasteiger partial charge in [0.1, 0.15) is 18.2 Å². The summed E-state index contributed by atoms with van der Waals surface area (Å²) in [5.41, 5.74) is 2.91. The van der Waals surface area contributed by atoms with Crippen LogP contribution in [0.4, 0.5) is 11.5 Å². The number of ether oxygens (including phenoxy) is 2. The van der Waals surface area contributed by atoms with Gasteiger partial charge in [0, 0.05) is 61.0 Å². The molecule has 3 aromatic rings. The number of likely N-dealkylation sites (tertiary alicyclic amines) is 1. The highest BCUT2D eigenvalue weighted by Crippen LogP contribution is 2.44. The predicted molar refractivity (Wildman–Crippen MR) is 180 cm³/mol. The van der Waals surface area contributed by atoms with Crippen molar-refractivity contribution in [3.05, 3.63) is 59.8 Å². The van der Waals surface area contributed by atoms with E-state index >= 15 is 0 Å². The number of fused-ring (bicyclic) bond motifs is 2. The van der Waals surface area contributed by atoms with Gasteiger partial charge in [-0.1, -0.05) is 24.3 Å². The lowest BCUT2D eigenvalue weighted by Crippen LogP contribution is -2.55. The number of phenolic OH excluding ortho intramolecular Hbond substituents is 1. The molecule has 1 N–H and O–H groups in total. The van der Waals surface area contributed by atoms with Gasteiger partial charge in [-0.25, -0.2) is 4.79 Å². The van der Waals surface area contributed by atoms with Crippen molar-refractivity contribution in [2.24, 2.45) is 0 Å². The number of benzene rings is 2. The fourth-order valence-electron chi connectivity index (χ4n) is 7.46. The van der Waals surface area contributed by atoms with Crippen molar-refractivity contribution in [3.8, 4) is 17.8 Å². The lowest BCUT2D eigenvalue weighted by Gasteiger charge is -2.42. The number of phenols is 1. The average molecular weight is 652 g/mol. The molecule has 250 valence electrons. The van der Waals surface area contributed by atoms with Gasteiger partial charge in [0.15, 0.2) is 0 Å². The summed E-state index contributed by atoms with van der Waals surface area (Å²) in [6.07, 6.45) is 7.79. The minimum absolute atomic E-state index is 0.0596. The van der Waals surface area contributed by atoms with E-state index in [-0.39, 0.29) is 23.6 Å². The highest BCUT2D eigenvalue weighted by Gasteiger charge is 2.49. The number of methoxy groups -OCH3 is 1. The number of rotatable bonds is 9. The molecule has 4 aliphatic rings. The molecule has 1 saturated carbocycles. The van der Waals surface area contributed by atoms with Gasteiger partial charge in [-0.15, -0.1) is 0 Å². The second-order valence-electron chi connectivity index (χ2n) is 13.2. The molecule has 3 aliphatic heterocycles. The highest BCUT2D eigenvalue weighted by molar-refractivity contribution is 5.96. The largest absolute Gasteiger partial charge is 0.508 e. The molecule has 1 aliphatic carbocycles. The van der Waals surface area contributed by atoms with E-state index in [4.69, 9.17) is 14.7 Å². The molecule has 1 aromatic heterocycles. The number of esters is 1. The first-order chi connectivity index (χ1) is 23.4. The molecule has 4 heterocycles. The van der Waals surface area contributed by atoms with Crippen LogP contribution in [0.15, 0.2) is 48.6 Å². The summed E-state index contributed by atoms with van der Waals surface area (Å²) >= 11 is 0. The molecule has 48 heavy (non-hydrogen) atoms. The van der Waals surface area contributed by atoms with E-state index in [0.717, 1.165) is 65.5 Å². The smallest absolute Gasteiger partial charge is 0.330 e. The third-order valence-electron chi connectivity index (χ3n) is 10.2. The summed E-state index contributed by atoms with van der Waals surface area (Å²) in [5, 5.41) is 22.3.